The molecule has 2 N–H and O–H groups in total. The molecule has 9 nitrogen and oxygen atoms in total. The van der Waals surface area contributed by atoms with Crippen LogP contribution in [0.4, 0.5) is 23.2 Å². The van der Waals surface area contributed by atoms with Crippen LogP contribution in [0.15, 0.2) is 71.9 Å². The Labute approximate surface area is 255 Å². The van der Waals surface area contributed by atoms with E-state index >= 15 is 0 Å². The van der Waals surface area contributed by atoms with Gasteiger partial charge in [0.2, 0.25) is 11.8 Å². The zero-order valence-electron chi connectivity index (χ0n) is 23.4. The van der Waals surface area contributed by atoms with Gasteiger partial charge in [-0.1, -0.05) is 36.4 Å². The van der Waals surface area contributed by atoms with Crippen LogP contribution in [0.1, 0.15) is 31.4 Å². The molecule has 3 amide bonds. The molecule has 0 radical (unpaired) electrons. The number of carbonyl (C=O) groups is 3. The van der Waals surface area contributed by atoms with Crippen LogP contribution in [-0.2, 0) is 14.4 Å². The Morgan fingerprint density at radius 3 is 2.50 bits per heavy atom. The first-order valence-electron chi connectivity index (χ1n) is 13.4. The monoisotopic (exact) mass is 630 g/mol. The first-order valence-corrected chi connectivity index (χ1v) is 13.7. The summed E-state index contributed by atoms with van der Waals surface area (Å²) < 4.78 is 56.5. The van der Waals surface area contributed by atoms with Gasteiger partial charge in [-0.2, -0.15) is 5.26 Å². The number of allylic oxidation sites excluding steroid dienone is 1. The maximum Gasteiger partial charge on any atom is 0.252 e. The van der Waals surface area contributed by atoms with Crippen molar-refractivity contribution < 1.29 is 31.9 Å². The van der Waals surface area contributed by atoms with Gasteiger partial charge in [0.05, 0.1) is 18.3 Å². The van der Waals surface area contributed by atoms with Gasteiger partial charge in [0, 0.05) is 53.9 Å². The van der Waals surface area contributed by atoms with Crippen LogP contribution < -0.4 is 15.5 Å². The highest BCUT2D eigenvalue weighted by Crippen LogP contribution is 2.39. The third-order valence-electron chi connectivity index (χ3n) is 6.98. The lowest BCUT2D eigenvalue weighted by Crippen LogP contribution is -2.64. The molecule has 4 rings (SSSR count). The molecule has 2 aliphatic rings. The molecule has 14 heteroatoms. The predicted molar refractivity (Wildman–Crippen MR) is 155 cm³/mol. The van der Waals surface area contributed by atoms with Crippen LogP contribution in [0, 0.1) is 23.0 Å². The lowest BCUT2D eigenvalue weighted by Gasteiger charge is -2.41. The molecule has 2 fully saturated rings. The van der Waals surface area contributed by atoms with E-state index in [0.717, 1.165) is 28.1 Å². The number of aliphatic imine (C=N–C) groups is 1. The zero-order chi connectivity index (χ0) is 32.2. The molecule has 1 heterocycles. The maximum atomic E-state index is 14.6. The first-order chi connectivity index (χ1) is 20.8. The molecule has 1 aliphatic heterocycles. The number of nitrogens with one attached hydrogen (secondary N) is 2. The molecule has 2 aromatic rings. The normalized spacial score (nSPS) is 19.4. The van der Waals surface area contributed by atoms with Crippen LogP contribution in [0.25, 0.3) is 0 Å². The van der Waals surface area contributed by atoms with Gasteiger partial charge in [0.25, 0.3) is 11.8 Å². The number of piperazine rings is 1. The Bertz CT molecular complexity index is 1560. The molecule has 0 spiro atoms. The van der Waals surface area contributed by atoms with Crippen molar-refractivity contribution in [3.8, 4) is 6.07 Å². The summed E-state index contributed by atoms with van der Waals surface area (Å²) in [6, 6.07) is 5.86. The van der Waals surface area contributed by atoms with Crippen molar-refractivity contribution in [2.24, 2.45) is 4.99 Å². The van der Waals surface area contributed by atoms with E-state index in [1.165, 1.54) is 31.2 Å². The van der Waals surface area contributed by atoms with Gasteiger partial charge in [-0.3, -0.25) is 24.2 Å². The molecule has 1 saturated carbocycles. The van der Waals surface area contributed by atoms with E-state index in [1.807, 2.05) is 6.07 Å². The standard InChI is InChI=1S/C30H27ClF4N6O3/c1-3-38-25(8-17(2)14-36)41-24(15-37-16-26(41)42)29(44)40(21-10-18(32)9-19(33)11-21)27(22-6-4-5-7-23(22)31)28(43)39-20-12-30(34,35)13-20/h3-11,20,24,27,37H,1,12-13,15-16H2,2H3,(H,39,43)/b17-8+,38-25+/t24-,27-/m0/s1. The van der Waals surface area contributed by atoms with E-state index in [4.69, 9.17) is 11.6 Å². The molecule has 2 atom stereocenters. The fraction of sp³-hybridized carbons (Fsp3) is 0.300. The molecule has 44 heavy (non-hydrogen) atoms. The van der Waals surface area contributed by atoms with Crippen LogP contribution in [0.3, 0.4) is 0 Å². The maximum absolute atomic E-state index is 14.6. The number of alkyl halides is 2. The lowest BCUT2D eigenvalue weighted by atomic mass is 9.87. The number of nitrogens with zero attached hydrogens (tertiary/aromatic N) is 4. The summed E-state index contributed by atoms with van der Waals surface area (Å²) in [5.41, 5.74) is -0.245. The van der Waals surface area contributed by atoms with Gasteiger partial charge in [-0.15, -0.1) is 0 Å². The Hall–Kier alpha value is -4.54. The molecule has 1 saturated heterocycles. The van der Waals surface area contributed by atoms with Gasteiger partial charge in [0.1, 0.15) is 29.6 Å². The molecule has 1 aliphatic carbocycles. The third-order valence-corrected chi connectivity index (χ3v) is 7.32. The number of anilines is 1. The molecular formula is C30H27ClF4N6O3. The van der Waals surface area contributed by atoms with Crippen molar-refractivity contribution in [2.45, 2.75) is 43.8 Å². The molecular weight excluding hydrogens is 604 g/mol. The average Bonchev–Trinajstić information content (AvgIpc) is 2.94. The largest absolute Gasteiger partial charge is 0.351 e. The number of hydrogen-bond acceptors (Lipinski definition) is 6. The molecule has 0 aromatic heterocycles. The summed E-state index contributed by atoms with van der Waals surface area (Å²) >= 11 is 6.46. The van der Waals surface area contributed by atoms with Crippen LogP contribution in [-0.4, -0.2) is 59.6 Å². The Morgan fingerprint density at radius 2 is 1.91 bits per heavy atom. The third kappa shape index (κ3) is 7.15. The summed E-state index contributed by atoms with van der Waals surface area (Å²) in [5, 5.41) is 14.6. The zero-order valence-corrected chi connectivity index (χ0v) is 24.1. The number of nitriles is 1. The number of carbonyl (C=O) groups excluding carboxylic acids is 3. The van der Waals surface area contributed by atoms with Crippen molar-refractivity contribution in [1.29, 1.82) is 5.26 Å². The number of halogens is 5. The molecule has 0 unspecified atom stereocenters. The van der Waals surface area contributed by atoms with E-state index in [2.05, 4.69) is 22.2 Å². The summed E-state index contributed by atoms with van der Waals surface area (Å²) in [6.07, 6.45) is 1.07. The van der Waals surface area contributed by atoms with E-state index < -0.39 is 71.9 Å². The van der Waals surface area contributed by atoms with Gasteiger partial charge in [0.15, 0.2) is 0 Å². The van der Waals surface area contributed by atoms with Crippen molar-refractivity contribution >= 4 is 40.8 Å². The number of amidine groups is 1. The molecule has 0 bridgehead atoms. The van der Waals surface area contributed by atoms with Crippen LogP contribution in [0.2, 0.25) is 5.02 Å². The Morgan fingerprint density at radius 1 is 1.25 bits per heavy atom. The predicted octanol–water partition coefficient (Wildman–Crippen LogP) is 4.42. The fourth-order valence-electron chi connectivity index (χ4n) is 5.02. The number of amides is 3. The van der Waals surface area contributed by atoms with Crippen molar-refractivity contribution in [3.63, 3.8) is 0 Å². The quantitative estimate of drug-likeness (QED) is 0.194. The van der Waals surface area contributed by atoms with Gasteiger partial charge in [-0.25, -0.2) is 22.6 Å². The second kappa shape index (κ2) is 13.4. The minimum Gasteiger partial charge on any atom is -0.351 e. The minimum atomic E-state index is -2.98. The minimum absolute atomic E-state index is 0.00236. The number of rotatable bonds is 8. The summed E-state index contributed by atoms with van der Waals surface area (Å²) in [5.74, 6) is -7.84. The van der Waals surface area contributed by atoms with E-state index in [1.54, 1.807) is 6.07 Å². The van der Waals surface area contributed by atoms with Gasteiger partial charge >= 0.3 is 0 Å². The van der Waals surface area contributed by atoms with Crippen LogP contribution in [0.5, 0.6) is 0 Å². The average molecular weight is 631 g/mol. The smallest absolute Gasteiger partial charge is 0.252 e. The highest BCUT2D eigenvalue weighted by Gasteiger charge is 2.48. The highest BCUT2D eigenvalue weighted by atomic mass is 35.5. The lowest BCUT2D eigenvalue weighted by molar-refractivity contribution is -0.137. The molecule has 2 aromatic carbocycles. The number of benzene rings is 2. The Kier molecular flexibility index (Phi) is 9.86. The molecule has 230 valence electrons. The van der Waals surface area contributed by atoms with Gasteiger partial charge in [-0.05, 0) is 31.2 Å². The van der Waals surface area contributed by atoms with Gasteiger partial charge < -0.3 is 10.6 Å². The van der Waals surface area contributed by atoms with Crippen molar-refractivity contribution in [3.05, 3.63) is 89.1 Å². The van der Waals surface area contributed by atoms with Crippen LogP contribution >= 0.6 is 11.6 Å². The highest BCUT2D eigenvalue weighted by molar-refractivity contribution is 6.31. The number of hydrogen-bond donors (Lipinski definition) is 2. The topological polar surface area (TPSA) is 118 Å². The van der Waals surface area contributed by atoms with Crippen molar-refractivity contribution in [1.82, 2.24) is 15.5 Å². The van der Waals surface area contributed by atoms with E-state index in [0.29, 0.717) is 6.07 Å². The second-order valence-electron chi connectivity index (χ2n) is 10.2. The van der Waals surface area contributed by atoms with E-state index in [-0.39, 0.29) is 35.1 Å². The second-order valence-corrected chi connectivity index (χ2v) is 10.7. The SMILES string of the molecule is C=C/N=C(\C=C(/C)C#N)N1C(=O)CNC[C@H]1C(=O)N(c1cc(F)cc(F)c1)[C@H](C(=O)NC1CC(F)(F)C1)c1ccccc1Cl. The first kappa shape index (κ1) is 32.4. The summed E-state index contributed by atoms with van der Waals surface area (Å²) in [6.45, 7) is 4.56. The van der Waals surface area contributed by atoms with E-state index in [9.17, 15) is 37.2 Å². The fourth-order valence-corrected chi connectivity index (χ4v) is 5.26. The summed E-state index contributed by atoms with van der Waals surface area (Å²) in [4.78, 5) is 47.5. The Balaban J connectivity index is 1.90. The summed E-state index contributed by atoms with van der Waals surface area (Å²) in [7, 11) is 0. The van der Waals surface area contributed by atoms with Crippen molar-refractivity contribution in [2.75, 3.05) is 18.0 Å².